The van der Waals surface area contributed by atoms with E-state index in [-0.39, 0.29) is 10.8 Å². The number of nitrogens with two attached hydrogens (primary N) is 1. The summed E-state index contributed by atoms with van der Waals surface area (Å²) in [5, 5.41) is 10.7. The fourth-order valence-electron chi connectivity index (χ4n) is 2.77. The van der Waals surface area contributed by atoms with Crippen LogP contribution in [0.3, 0.4) is 0 Å². The number of anilines is 1. The van der Waals surface area contributed by atoms with E-state index in [0.717, 1.165) is 16.5 Å². The molecule has 0 aromatic heterocycles. The molecule has 3 rings (SSSR count). The molecule has 7 nitrogen and oxygen atoms in total. The molecular formula is C20H20BrN3O4S. The minimum absolute atomic E-state index is 0.0313. The Hall–Kier alpha value is -2.49. The van der Waals surface area contributed by atoms with Gasteiger partial charge in [0.15, 0.2) is 0 Å². The highest BCUT2D eigenvalue weighted by Gasteiger charge is 2.29. The summed E-state index contributed by atoms with van der Waals surface area (Å²) in [7, 11) is -3.80. The number of hydrazone groups is 1. The van der Waals surface area contributed by atoms with Gasteiger partial charge in [-0.15, -0.1) is 0 Å². The van der Waals surface area contributed by atoms with Gasteiger partial charge < -0.3 is 4.74 Å². The number of primary sulfonamides is 1. The van der Waals surface area contributed by atoms with Gasteiger partial charge in [-0.25, -0.2) is 13.6 Å². The Morgan fingerprint density at radius 3 is 2.52 bits per heavy atom. The van der Waals surface area contributed by atoms with Crippen molar-refractivity contribution in [3.8, 4) is 5.75 Å². The lowest BCUT2D eigenvalue weighted by Crippen LogP contribution is -2.21. The van der Waals surface area contributed by atoms with Crippen LogP contribution in [0.4, 0.5) is 5.69 Å². The molecule has 0 saturated heterocycles. The zero-order valence-corrected chi connectivity index (χ0v) is 18.3. The molecule has 0 saturated carbocycles. The van der Waals surface area contributed by atoms with Gasteiger partial charge in [0.25, 0.3) is 5.91 Å². The number of benzene rings is 2. The van der Waals surface area contributed by atoms with E-state index in [4.69, 9.17) is 9.88 Å². The highest BCUT2D eigenvalue weighted by molar-refractivity contribution is 9.10. The van der Waals surface area contributed by atoms with Crippen LogP contribution in [0.2, 0.25) is 0 Å². The van der Waals surface area contributed by atoms with Crippen LogP contribution in [0.1, 0.15) is 25.8 Å². The molecule has 1 aliphatic rings. The largest absolute Gasteiger partial charge is 0.493 e. The van der Waals surface area contributed by atoms with Crippen LogP contribution in [0.25, 0.3) is 6.08 Å². The van der Waals surface area contributed by atoms with Crippen LogP contribution in [0, 0.1) is 0 Å². The fraction of sp³-hybridized carbons (Fsp3) is 0.200. The van der Waals surface area contributed by atoms with Crippen LogP contribution in [0.5, 0.6) is 5.75 Å². The van der Waals surface area contributed by atoms with Crippen LogP contribution in [-0.2, 0) is 14.8 Å². The van der Waals surface area contributed by atoms with E-state index >= 15 is 0 Å². The number of rotatable bonds is 6. The smallest absolute Gasteiger partial charge is 0.280 e. The number of carbonyl (C=O) groups is 1. The normalized spacial score (nSPS) is 15.7. The molecule has 2 aromatic carbocycles. The average molecular weight is 478 g/mol. The molecule has 2 aromatic rings. The first-order valence-corrected chi connectivity index (χ1v) is 11.2. The Morgan fingerprint density at radius 2 is 1.90 bits per heavy atom. The summed E-state index contributed by atoms with van der Waals surface area (Å²) in [6, 6.07) is 11.3. The lowest BCUT2D eigenvalue weighted by molar-refractivity contribution is -0.114. The van der Waals surface area contributed by atoms with Crippen molar-refractivity contribution in [3.05, 3.63) is 58.1 Å². The van der Waals surface area contributed by atoms with Crippen molar-refractivity contribution in [1.82, 2.24) is 0 Å². The van der Waals surface area contributed by atoms with E-state index in [1.54, 1.807) is 13.0 Å². The number of halogens is 1. The van der Waals surface area contributed by atoms with E-state index in [0.29, 0.717) is 29.3 Å². The van der Waals surface area contributed by atoms with Crippen molar-refractivity contribution in [1.29, 1.82) is 0 Å². The number of ether oxygens (including phenoxy) is 1. The molecule has 29 heavy (non-hydrogen) atoms. The number of nitrogens with zero attached hydrogens (tertiary/aromatic N) is 2. The first-order valence-electron chi connectivity index (χ1n) is 8.87. The molecule has 1 aliphatic heterocycles. The lowest BCUT2D eigenvalue weighted by atomic mass is 10.1. The highest BCUT2D eigenvalue weighted by atomic mass is 79.9. The van der Waals surface area contributed by atoms with E-state index in [9.17, 15) is 13.2 Å². The predicted molar refractivity (Wildman–Crippen MR) is 116 cm³/mol. The lowest BCUT2D eigenvalue weighted by Gasteiger charge is -2.12. The second-order valence-corrected chi connectivity index (χ2v) is 8.91. The molecule has 0 aliphatic carbocycles. The molecule has 0 atom stereocenters. The van der Waals surface area contributed by atoms with Crippen molar-refractivity contribution in [2.45, 2.75) is 25.2 Å². The Balaban J connectivity index is 1.93. The van der Waals surface area contributed by atoms with E-state index < -0.39 is 10.0 Å². The third kappa shape index (κ3) is 4.75. The molecule has 9 heteroatoms. The maximum Gasteiger partial charge on any atom is 0.280 e. The van der Waals surface area contributed by atoms with Gasteiger partial charge in [0.2, 0.25) is 10.0 Å². The zero-order chi connectivity index (χ0) is 21.2. The van der Waals surface area contributed by atoms with Crippen LogP contribution >= 0.6 is 15.9 Å². The number of carbonyl (C=O) groups excluding carboxylic acids is 1. The molecule has 0 bridgehead atoms. The van der Waals surface area contributed by atoms with Crippen molar-refractivity contribution in [2.75, 3.05) is 11.6 Å². The number of hydrogen-bond donors (Lipinski definition) is 1. The van der Waals surface area contributed by atoms with E-state index in [1.165, 1.54) is 29.3 Å². The molecule has 1 heterocycles. The minimum atomic E-state index is -3.80. The Kier molecular flexibility index (Phi) is 6.21. The van der Waals surface area contributed by atoms with Gasteiger partial charge in [-0.3, -0.25) is 4.79 Å². The first kappa shape index (κ1) is 21.2. The maximum atomic E-state index is 13.0. The zero-order valence-electron chi connectivity index (χ0n) is 15.9. The highest BCUT2D eigenvalue weighted by Crippen LogP contribution is 2.30. The molecule has 0 spiro atoms. The summed E-state index contributed by atoms with van der Waals surface area (Å²) in [6.07, 6.45) is 2.61. The van der Waals surface area contributed by atoms with Crippen molar-refractivity contribution in [2.24, 2.45) is 10.2 Å². The third-order valence-electron chi connectivity index (χ3n) is 4.21. The summed E-state index contributed by atoms with van der Waals surface area (Å²) in [5.41, 5.74) is 2.19. The van der Waals surface area contributed by atoms with Gasteiger partial charge in [-0.2, -0.15) is 10.1 Å². The summed E-state index contributed by atoms with van der Waals surface area (Å²) >= 11 is 3.45. The van der Waals surface area contributed by atoms with Crippen LogP contribution in [-0.4, -0.2) is 26.6 Å². The SMILES string of the molecule is CCCOc1ccc(Br)cc1/C=C1\C(=O)N(c2ccc(S(N)(=O)=O)cc2)N=C1C. The molecule has 0 fully saturated rings. The molecule has 0 radical (unpaired) electrons. The second kappa shape index (κ2) is 8.48. The number of amides is 1. The number of sulfonamides is 1. The van der Waals surface area contributed by atoms with Gasteiger partial charge in [0.1, 0.15) is 5.75 Å². The van der Waals surface area contributed by atoms with Crippen molar-refractivity contribution < 1.29 is 17.9 Å². The summed E-state index contributed by atoms with van der Waals surface area (Å²) < 4.78 is 29.5. The van der Waals surface area contributed by atoms with E-state index in [2.05, 4.69) is 21.0 Å². The maximum absolute atomic E-state index is 13.0. The second-order valence-electron chi connectivity index (χ2n) is 6.43. The summed E-state index contributed by atoms with van der Waals surface area (Å²) in [6.45, 7) is 4.34. The first-order chi connectivity index (χ1) is 13.7. The Bertz CT molecular complexity index is 1110. The minimum Gasteiger partial charge on any atom is -0.493 e. The predicted octanol–water partition coefficient (Wildman–Crippen LogP) is 3.69. The van der Waals surface area contributed by atoms with Crippen LogP contribution < -0.4 is 14.9 Å². The monoisotopic (exact) mass is 477 g/mol. The van der Waals surface area contributed by atoms with Gasteiger partial charge >= 0.3 is 0 Å². The molecular weight excluding hydrogens is 458 g/mol. The average Bonchev–Trinajstić information content (AvgIpc) is 2.95. The van der Waals surface area contributed by atoms with Crippen molar-refractivity contribution in [3.63, 3.8) is 0 Å². The molecule has 152 valence electrons. The third-order valence-corrected chi connectivity index (χ3v) is 5.63. The molecule has 2 N–H and O–H groups in total. The molecule has 1 amide bonds. The quantitative estimate of drug-likeness (QED) is 0.640. The summed E-state index contributed by atoms with van der Waals surface area (Å²) in [4.78, 5) is 12.9. The molecule has 0 unspecified atom stereocenters. The fourth-order valence-corrected chi connectivity index (χ4v) is 3.66. The van der Waals surface area contributed by atoms with Gasteiger partial charge in [-0.05, 0) is 61.9 Å². The van der Waals surface area contributed by atoms with Crippen LogP contribution in [0.15, 0.2) is 62.5 Å². The van der Waals surface area contributed by atoms with Crippen molar-refractivity contribution >= 4 is 49.3 Å². The standard InChI is InChI=1S/C20H20BrN3O4S/c1-3-10-28-19-9-4-15(21)11-14(19)12-18-13(2)23-24(20(18)25)16-5-7-17(8-6-16)29(22,26)27/h4-9,11-12H,3,10H2,1-2H3,(H2,22,26,27)/b18-12-. The number of hydrogen-bond acceptors (Lipinski definition) is 5. The van der Waals surface area contributed by atoms with Gasteiger partial charge in [0, 0.05) is 10.0 Å². The van der Waals surface area contributed by atoms with E-state index in [1.807, 2.05) is 25.1 Å². The topological polar surface area (TPSA) is 102 Å². The van der Waals surface area contributed by atoms with Gasteiger partial charge in [-0.1, -0.05) is 22.9 Å². The van der Waals surface area contributed by atoms with Gasteiger partial charge in [0.05, 0.1) is 28.5 Å². The Morgan fingerprint density at radius 1 is 1.21 bits per heavy atom. The Labute approximate surface area is 178 Å². The summed E-state index contributed by atoms with van der Waals surface area (Å²) in [5.74, 6) is 0.367.